The summed E-state index contributed by atoms with van der Waals surface area (Å²) in [6.45, 7) is 4.34. The quantitative estimate of drug-likeness (QED) is 0.753. The van der Waals surface area contributed by atoms with E-state index in [4.69, 9.17) is 9.47 Å². The van der Waals surface area contributed by atoms with Crippen LogP contribution >= 0.6 is 0 Å². The average Bonchev–Trinajstić information content (AvgIpc) is 2.25. The molecule has 2 aliphatic heterocycles. The summed E-state index contributed by atoms with van der Waals surface area (Å²) in [6.07, 6.45) is 1.56. The van der Waals surface area contributed by atoms with E-state index in [1.54, 1.807) is 0 Å². The first-order valence-electron chi connectivity index (χ1n) is 7.13. The van der Waals surface area contributed by atoms with Gasteiger partial charge in [0.1, 0.15) is 6.10 Å². The van der Waals surface area contributed by atoms with Crippen molar-refractivity contribution in [1.29, 1.82) is 0 Å². The minimum atomic E-state index is -3.02. The Balaban J connectivity index is 1.80. The van der Waals surface area contributed by atoms with Crippen LogP contribution in [0.3, 0.4) is 0 Å². The Hall–Kier alpha value is -0.660. The van der Waals surface area contributed by atoms with Gasteiger partial charge in [-0.05, 0) is 13.8 Å². The Morgan fingerprint density at radius 3 is 2.55 bits per heavy atom. The van der Waals surface area contributed by atoms with Crippen LogP contribution in [-0.4, -0.2) is 56.8 Å². The number of rotatable bonds is 3. The van der Waals surface area contributed by atoms with Gasteiger partial charge in [-0.25, -0.2) is 8.42 Å². The largest absolute Gasteiger partial charge is 0.462 e. The van der Waals surface area contributed by atoms with Crippen molar-refractivity contribution in [3.63, 3.8) is 0 Å². The average molecular weight is 305 g/mol. The maximum atomic E-state index is 11.9. The predicted octanol–water partition coefficient (Wildman–Crippen LogP) is 0.262. The molecule has 0 aliphatic carbocycles. The topological polar surface area (TPSA) is 81.7 Å². The smallest absolute Gasteiger partial charge is 0.307 e. The molecule has 0 amide bonds. The summed E-state index contributed by atoms with van der Waals surface area (Å²) < 4.78 is 34.1. The van der Waals surface area contributed by atoms with Gasteiger partial charge in [-0.15, -0.1) is 0 Å². The van der Waals surface area contributed by atoms with Crippen LogP contribution in [0, 0.1) is 0 Å². The van der Waals surface area contributed by atoms with Gasteiger partial charge in [0, 0.05) is 25.4 Å². The van der Waals surface area contributed by atoms with Crippen molar-refractivity contribution >= 4 is 15.8 Å². The van der Waals surface area contributed by atoms with Crippen LogP contribution in [0.2, 0.25) is 0 Å². The number of ether oxygens (including phenoxy) is 2. The summed E-state index contributed by atoms with van der Waals surface area (Å²) in [5, 5.41) is 3.06. The van der Waals surface area contributed by atoms with Gasteiger partial charge in [0.2, 0.25) is 0 Å². The van der Waals surface area contributed by atoms with Gasteiger partial charge < -0.3 is 14.8 Å². The molecule has 0 radical (unpaired) electrons. The third-order valence-corrected chi connectivity index (χ3v) is 5.40. The first kappa shape index (κ1) is 15.7. The van der Waals surface area contributed by atoms with Crippen LogP contribution < -0.4 is 5.32 Å². The van der Waals surface area contributed by atoms with Gasteiger partial charge in [-0.3, -0.25) is 4.79 Å². The third-order valence-electron chi connectivity index (χ3n) is 3.67. The Labute approximate surface area is 120 Å². The second-order valence-electron chi connectivity index (χ2n) is 5.81. The summed E-state index contributed by atoms with van der Waals surface area (Å²) >= 11 is 0. The van der Waals surface area contributed by atoms with Gasteiger partial charge in [-0.1, -0.05) is 0 Å². The van der Waals surface area contributed by atoms with Crippen molar-refractivity contribution in [1.82, 2.24) is 5.32 Å². The number of carbonyl (C=O) groups is 1. The lowest BCUT2D eigenvalue weighted by Crippen LogP contribution is -2.46. The summed E-state index contributed by atoms with van der Waals surface area (Å²) in [5.74, 6) is -0.165. The Bertz CT molecular complexity index is 440. The van der Waals surface area contributed by atoms with Gasteiger partial charge in [0.25, 0.3) is 0 Å². The predicted molar refractivity (Wildman–Crippen MR) is 74.2 cm³/mol. The molecule has 6 nitrogen and oxygen atoms in total. The van der Waals surface area contributed by atoms with Crippen molar-refractivity contribution < 1.29 is 22.7 Å². The zero-order chi connectivity index (χ0) is 14.8. The van der Waals surface area contributed by atoms with Crippen molar-refractivity contribution in [3.8, 4) is 0 Å². The number of hydrogen-bond donors (Lipinski definition) is 1. The Morgan fingerprint density at radius 2 is 1.95 bits per heavy atom. The molecule has 2 fully saturated rings. The van der Waals surface area contributed by atoms with Crippen molar-refractivity contribution in [2.75, 3.05) is 18.1 Å². The lowest BCUT2D eigenvalue weighted by atomic mass is 10.0. The fraction of sp³-hybridized carbons (Fsp3) is 0.923. The zero-order valence-corrected chi connectivity index (χ0v) is 12.8. The lowest BCUT2D eigenvalue weighted by molar-refractivity contribution is -0.160. The maximum absolute atomic E-state index is 11.9. The minimum Gasteiger partial charge on any atom is -0.462 e. The highest BCUT2D eigenvalue weighted by Crippen LogP contribution is 2.22. The second-order valence-corrected chi connectivity index (χ2v) is 8.04. The first-order chi connectivity index (χ1) is 9.34. The van der Waals surface area contributed by atoms with E-state index in [-0.39, 0.29) is 48.2 Å². The van der Waals surface area contributed by atoms with Crippen LogP contribution in [0.5, 0.6) is 0 Å². The molecular weight excluding hydrogens is 282 g/mol. The fourth-order valence-corrected chi connectivity index (χ4v) is 4.32. The molecule has 116 valence electrons. The monoisotopic (exact) mass is 305 g/mol. The van der Waals surface area contributed by atoms with Crippen LogP contribution in [0.25, 0.3) is 0 Å². The van der Waals surface area contributed by atoms with Gasteiger partial charge >= 0.3 is 5.97 Å². The highest BCUT2D eigenvalue weighted by Gasteiger charge is 2.30. The van der Waals surface area contributed by atoms with Gasteiger partial charge in [-0.2, -0.15) is 0 Å². The maximum Gasteiger partial charge on any atom is 0.307 e. The lowest BCUT2D eigenvalue weighted by Gasteiger charge is -2.32. The van der Waals surface area contributed by atoms with Crippen molar-refractivity contribution in [2.24, 2.45) is 0 Å². The van der Waals surface area contributed by atoms with Crippen molar-refractivity contribution in [3.05, 3.63) is 0 Å². The summed E-state index contributed by atoms with van der Waals surface area (Å²) in [4.78, 5) is 11.9. The Morgan fingerprint density at radius 1 is 1.30 bits per heavy atom. The molecule has 20 heavy (non-hydrogen) atoms. The normalized spacial score (nSPS) is 37.3. The molecular formula is C13H23NO5S. The van der Waals surface area contributed by atoms with E-state index in [2.05, 4.69) is 5.32 Å². The first-order valence-corrected chi connectivity index (χ1v) is 8.95. The molecule has 2 saturated heterocycles. The molecule has 0 aromatic carbocycles. The minimum absolute atomic E-state index is 0.0166. The molecule has 0 aromatic rings. The van der Waals surface area contributed by atoms with Crippen LogP contribution in [0.15, 0.2) is 0 Å². The molecule has 3 unspecified atom stereocenters. The van der Waals surface area contributed by atoms with Crippen LogP contribution in [0.1, 0.15) is 33.1 Å². The summed E-state index contributed by atoms with van der Waals surface area (Å²) in [6, 6.07) is -0.323. The van der Waals surface area contributed by atoms with Crippen LogP contribution in [-0.2, 0) is 24.1 Å². The van der Waals surface area contributed by atoms with E-state index in [0.717, 1.165) is 0 Å². The molecule has 2 heterocycles. The van der Waals surface area contributed by atoms with Crippen molar-refractivity contribution in [2.45, 2.75) is 57.5 Å². The third kappa shape index (κ3) is 4.71. The SMILES string of the molecule is CC1CC(OC(=O)CC2CS(=O)(=O)CCN2)CC(C)O1. The van der Waals surface area contributed by atoms with Crippen LogP contribution in [0.4, 0.5) is 0 Å². The molecule has 0 bridgehead atoms. The van der Waals surface area contributed by atoms with E-state index < -0.39 is 9.84 Å². The van der Waals surface area contributed by atoms with Gasteiger partial charge in [0.15, 0.2) is 9.84 Å². The molecule has 2 rings (SSSR count). The van der Waals surface area contributed by atoms with E-state index >= 15 is 0 Å². The molecule has 0 saturated carbocycles. The number of esters is 1. The molecule has 0 aromatic heterocycles. The van der Waals surface area contributed by atoms with E-state index in [9.17, 15) is 13.2 Å². The second kappa shape index (κ2) is 6.41. The Kier molecular flexibility index (Phi) is 5.04. The standard InChI is InChI=1S/C13H23NO5S/c1-9-5-12(6-10(2)18-9)19-13(15)7-11-8-20(16,17)4-3-14-11/h9-12,14H,3-8H2,1-2H3. The van der Waals surface area contributed by atoms with E-state index in [1.807, 2.05) is 13.8 Å². The molecule has 7 heteroatoms. The molecule has 1 N–H and O–H groups in total. The molecule has 2 aliphatic rings. The molecule has 3 atom stereocenters. The number of hydrogen-bond acceptors (Lipinski definition) is 6. The zero-order valence-electron chi connectivity index (χ0n) is 12.0. The fourth-order valence-electron chi connectivity index (χ4n) is 2.87. The number of carbonyl (C=O) groups excluding carboxylic acids is 1. The van der Waals surface area contributed by atoms with E-state index in [1.165, 1.54) is 0 Å². The van der Waals surface area contributed by atoms with E-state index in [0.29, 0.717) is 19.4 Å². The summed E-state index contributed by atoms with van der Waals surface area (Å²) in [7, 11) is -3.02. The highest BCUT2D eigenvalue weighted by atomic mass is 32.2. The summed E-state index contributed by atoms with van der Waals surface area (Å²) in [5.41, 5.74) is 0. The highest BCUT2D eigenvalue weighted by molar-refractivity contribution is 7.91. The number of nitrogens with one attached hydrogen (secondary N) is 1. The number of sulfone groups is 1. The molecule has 0 spiro atoms. The van der Waals surface area contributed by atoms with Gasteiger partial charge in [0.05, 0.1) is 30.1 Å².